The maximum absolute atomic E-state index is 9.52. The fourth-order valence-electron chi connectivity index (χ4n) is 1.83. The van der Waals surface area contributed by atoms with Crippen LogP contribution in [-0.4, -0.2) is 29.2 Å². The summed E-state index contributed by atoms with van der Waals surface area (Å²) < 4.78 is 1.19. The Morgan fingerprint density at radius 2 is 2.43 bits per heavy atom. The first-order valence-electron chi connectivity index (χ1n) is 4.88. The highest BCUT2D eigenvalue weighted by atomic mass is 79.9. The van der Waals surface area contributed by atoms with Crippen LogP contribution in [0.2, 0.25) is 0 Å². The van der Waals surface area contributed by atoms with E-state index in [1.165, 1.54) is 8.66 Å². The molecule has 0 radical (unpaired) electrons. The van der Waals surface area contributed by atoms with Gasteiger partial charge in [0.25, 0.3) is 0 Å². The predicted molar refractivity (Wildman–Crippen MR) is 62.5 cm³/mol. The van der Waals surface area contributed by atoms with Gasteiger partial charge in [0.05, 0.1) is 9.89 Å². The lowest BCUT2D eigenvalue weighted by Gasteiger charge is -2.29. The summed E-state index contributed by atoms with van der Waals surface area (Å²) in [5.74, 6) is 0. The third-order valence-electron chi connectivity index (χ3n) is 2.49. The second-order valence-corrected chi connectivity index (χ2v) is 6.28. The number of aliphatic hydroxyl groups is 1. The maximum atomic E-state index is 9.52. The Morgan fingerprint density at radius 3 is 3.07 bits per heavy atom. The zero-order chi connectivity index (χ0) is 9.97. The van der Waals surface area contributed by atoms with Crippen molar-refractivity contribution in [3.8, 4) is 0 Å². The molecular formula is C10H14BrNOS. The van der Waals surface area contributed by atoms with Crippen LogP contribution in [0, 0.1) is 0 Å². The van der Waals surface area contributed by atoms with Gasteiger partial charge in [-0.05, 0) is 47.4 Å². The molecule has 2 heterocycles. The van der Waals surface area contributed by atoms with Crippen molar-refractivity contribution in [1.29, 1.82) is 0 Å². The molecule has 1 atom stereocenters. The normalized spacial score (nSPS) is 24.0. The number of hydrogen-bond donors (Lipinski definition) is 1. The molecule has 1 fully saturated rings. The molecule has 1 aromatic heterocycles. The largest absolute Gasteiger partial charge is 0.392 e. The monoisotopic (exact) mass is 275 g/mol. The Kier molecular flexibility index (Phi) is 3.60. The molecule has 0 aromatic carbocycles. The third kappa shape index (κ3) is 2.79. The van der Waals surface area contributed by atoms with Crippen LogP contribution in [0.1, 0.15) is 17.7 Å². The average molecular weight is 276 g/mol. The van der Waals surface area contributed by atoms with Gasteiger partial charge >= 0.3 is 0 Å². The van der Waals surface area contributed by atoms with Crippen molar-refractivity contribution in [3.05, 3.63) is 20.8 Å². The van der Waals surface area contributed by atoms with E-state index in [4.69, 9.17) is 0 Å². The van der Waals surface area contributed by atoms with Crippen LogP contribution in [0.3, 0.4) is 0 Å². The van der Waals surface area contributed by atoms with Crippen LogP contribution >= 0.6 is 27.3 Å². The molecule has 1 aliphatic heterocycles. The summed E-state index contributed by atoms with van der Waals surface area (Å²) in [5, 5.41) is 9.52. The number of nitrogens with zero attached hydrogens (tertiary/aromatic N) is 1. The van der Waals surface area contributed by atoms with E-state index < -0.39 is 0 Å². The van der Waals surface area contributed by atoms with Gasteiger partial charge in [0.1, 0.15) is 0 Å². The van der Waals surface area contributed by atoms with Gasteiger partial charge in [-0.25, -0.2) is 0 Å². The number of β-amino-alcohol motifs (C(OH)–C–C–N with tert-alkyl or cyclic N) is 1. The topological polar surface area (TPSA) is 23.5 Å². The molecule has 1 saturated heterocycles. The Morgan fingerprint density at radius 1 is 1.57 bits per heavy atom. The standard InChI is InChI=1S/C10H14BrNOS/c11-10-4-3-9(14-10)7-12-5-1-2-8(13)6-12/h3-4,8,13H,1-2,5-7H2/t8-/m0/s1. The summed E-state index contributed by atoms with van der Waals surface area (Å²) >= 11 is 5.24. The summed E-state index contributed by atoms with van der Waals surface area (Å²) in [4.78, 5) is 3.69. The first kappa shape index (κ1) is 10.6. The first-order chi connectivity index (χ1) is 6.74. The van der Waals surface area contributed by atoms with Gasteiger partial charge in [0.15, 0.2) is 0 Å². The van der Waals surface area contributed by atoms with Crippen molar-refractivity contribution < 1.29 is 5.11 Å². The minimum Gasteiger partial charge on any atom is -0.392 e. The highest BCUT2D eigenvalue weighted by Crippen LogP contribution is 2.24. The second-order valence-electron chi connectivity index (χ2n) is 3.74. The van der Waals surface area contributed by atoms with Crippen LogP contribution in [0.4, 0.5) is 0 Å². The van der Waals surface area contributed by atoms with Gasteiger partial charge in [-0.2, -0.15) is 0 Å². The molecule has 78 valence electrons. The van der Waals surface area contributed by atoms with E-state index in [1.807, 2.05) is 0 Å². The molecule has 0 unspecified atom stereocenters. The summed E-state index contributed by atoms with van der Waals surface area (Å²) in [6.45, 7) is 2.93. The van der Waals surface area contributed by atoms with Gasteiger partial charge in [-0.15, -0.1) is 11.3 Å². The molecule has 2 rings (SSSR count). The van der Waals surface area contributed by atoms with Crippen molar-refractivity contribution in [1.82, 2.24) is 4.90 Å². The van der Waals surface area contributed by atoms with Gasteiger partial charge in [0.2, 0.25) is 0 Å². The lowest BCUT2D eigenvalue weighted by atomic mass is 10.1. The molecule has 1 N–H and O–H groups in total. The molecule has 0 saturated carbocycles. The molecule has 14 heavy (non-hydrogen) atoms. The zero-order valence-corrected chi connectivity index (χ0v) is 10.4. The van der Waals surface area contributed by atoms with Gasteiger partial charge in [-0.1, -0.05) is 0 Å². The van der Waals surface area contributed by atoms with E-state index >= 15 is 0 Å². The van der Waals surface area contributed by atoms with Crippen LogP contribution in [0.25, 0.3) is 0 Å². The molecule has 2 nitrogen and oxygen atoms in total. The number of thiophene rings is 1. The van der Waals surface area contributed by atoms with Crippen molar-refractivity contribution in [2.75, 3.05) is 13.1 Å². The fourth-order valence-corrected chi connectivity index (χ4v) is 3.36. The predicted octanol–water partition coefficient (Wildman–Crippen LogP) is 2.47. The van der Waals surface area contributed by atoms with E-state index in [2.05, 4.69) is 33.0 Å². The molecule has 1 aliphatic rings. The number of hydrogen-bond acceptors (Lipinski definition) is 3. The lowest BCUT2D eigenvalue weighted by molar-refractivity contribution is 0.0673. The van der Waals surface area contributed by atoms with E-state index in [9.17, 15) is 5.11 Å². The van der Waals surface area contributed by atoms with E-state index in [0.717, 1.165) is 32.5 Å². The van der Waals surface area contributed by atoms with Crippen LogP contribution in [0.15, 0.2) is 15.9 Å². The van der Waals surface area contributed by atoms with Crippen molar-refractivity contribution in [2.24, 2.45) is 0 Å². The molecule has 0 spiro atoms. The Balaban J connectivity index is 1.90. The number of aliphatic hydroxyl groups excluding tert-OH is 1. The molecule has 0 amide bonds. The Labute approximate surface area is 96.7 Å². The van der Waals surface area contributed by atoms with E-state index in [1.54, 1.807) is 11.3 Å². The minimum atomic E-state index is -0.118. The summed E-state index contributed by atoms with van der Waals surface area (Å²) in [7, 11) is 0. The average Bonchev–Trinajstić information content (AvgIpc) is 2.51. The third-order valence-corrected chi connectivity index (χ3v) is 4.10. The summed E-state index contributed by atoms with van der Waals surface area (Å²) in [6, 6.07) is 4.23. The first-order valence-corrected chi connectivity index (χ1v) is 6.49. The lowest BCUT2D eigenvalue weighted by Crippen LogP contribution is -2.37. The number of piperidine rings is 1. The van der Waals surface area contributed by atoms with Crippen LogP contribution < -0.4 is 0 Å². The SMILES string of the molecule is O[C@H]1CCCN(Cc2ccc(Br)s2)C1. The Hall–Kier alpha value is 0.1000. The van der Waals surface area contributed by atoms with Gasteiger partial charge in [0, 0.05) is 18.0 Å². The van der Waals surface area contributed by atoms with Crippen molar-refractivity contribution in [2.45, 2.75) is 25.5 Å². The zero-order valence-electron chi connectivity index (χ0n) is 7.95. The molecule has 0 bridgehead atoms. The number of halogens is 1. The quantitative estimate of drug-likeness (QED) is 0.897. The smallest absolute Gasteiger partial charge is 0.0701 e. The molecule has 4 heteroatoms. The highest BCUT2D eigenvalue weighted by Gasteiger charge is 2.17. The number of rotatable bonds is 2. The van der Waals surface area contributed by atoms with Crippen LogP contribution in [0.5, 0.6) is 0 Å². The van der Waals surface area contributed by atoms with E-state index in [0.29, 0.717) is 0 Å². The molecule has 0 aliphatic carbocycles. The molecular weight excluding hydrogens is 262 g/mol. The maximum Gasteiger partial charge on any atom is 0.0701 e. The summed E-state index contributed by atoms with van der Waals surface area (Å²) in [5.41, 5.74) is 0. The minimum absolute atomic E-state index is 0.118. The number of likely N-dealkylation sites (tertiary alicyclic amines) is 1. The van der Waals surface area contributed by atoms with Gasteiger partial charge < -0.3 is 5.11 Å². The van der Waals surface area contributed by atoms with Gasteiger partial charge in [-0.3, -0.25) is 4.90 Å². The van der Waals surface area contributed by atoms with Crippen molar-refractivity contribution >= 4 is 27.3 Å². The summed E-state index contributed by atoms with van der Waals surface area (Å²) in [6.07, 6.45) is 1.96. The van der Waals surface area contributed by atoms with E-state index in [-0.39, 0.29) is 6.10 Å². The second kappa shape index (κ2) is 4.75. The highest BCUT2D eigenvalue weighted by molar-refractivity contribution is 9.11. The Bertz CT molecular complexity index is 302. The van der Waals surface area contributed by atoms with Crippen molar-refractivity contribution in [3.63, 3.8) is 0 Å². The fraction of sp³-hybridized carbons (Fsp3) is 0.600. The van der Waals surface area contributed by atoms with Crippen LogP contribution in [-0.2, 0) is 6.54 Å². The molecule has 1 aromatic rings.